The first-order valence-corrected chi connectivity index (χ1v) is 8.60. The lowest BCUT2D eigenvalue weighted by Crippen LogP contribution is -2.04. The van der Waals surface area contributed by atoms with Gasteiger partial charge in [-0.05, 0) is 31.5 Å². The Balaban J connectivity index is 1.93. The molecule has 0 atom stereocenters. The van der Waals surface area contributed by atoms with E-state index in [4.69, 9.17) is 0 Å². The summed E-state index contributed by atoms with van der Waals surface area (Å²) in [6.45, 7) is 5.09. The molecule has 3 heterocycles. The van der Waals surface area contributed by atoms with Gasteiger partial charge < -0.3 is 10.6 Å². The molecule has 2 N–H and O–H groups in total. The van der Waals surface area contributed by atoms with E-state index in [0.29, 0.717) is 5.95 Å². The quantitative estimate of drug-likeness (QED) is 0.737. The Labute approximate surface area is 132 Å². The Morgan fingerprint density at radius 3 is 2.67 bits per heavy atom. The maximum Gasteiger partial charge on any atom is 0.225 e. The van der Waals surface area contributed by atoms with Crippen molar-refractivity contribution in [1.82, 2.24) is 9.97 Å². The van der Waals surface area contributed by atoms with Crippen molar-refractivity contribution in [2.45, 2.75) is 26.8 Å². The Bertz CT molecular complexity index is 760. The van der Waals surface area contributed by atoms with E-state index in [9.17, 15) is 0 Å². The number of thiophene rings is 2. The monoisotopic (exact) mass is 318 g/mol. The van der Waals surface area contributed by atoms with Crippen LogP contribution in [0.1, 0.15) is 21.6 Å². The highest BCUT2D eigenvalue weighted by Gasteiger charge is 2.11. The molecule has 3 rings (SSSR count). The molecule has 0 saturated carbocycles. The van der Waals surface area contributed by atoms with Crippen molar-refractivity contribution in [3.8, 4) is 0 Å². The number of nitrogens with zero attached hydrogens (tertiary/aromatic N) is 2. The summed E-state index contributed by atoms with van der Waals surface area (Å²) in [7, 11) is 1.85. The van der Waals surface area contributed by atoms with Crippen molar-refractivity contribution >= 4 is 44.7 Å². The van der Waals surface area contributed by atoms with Gasteiger partial charge >= 0.3 is 0 Å². The second-order valence-corrected chi connectivity index (χ2v) is 7.28. The molecule has 0 aliphatic rings. The molecule has 0 amide bonds. The van der Waals surface area contributed by atoms with Gasteiger partial charge in [-0.1, -0.05) is 6.92 Å². The molecule has 0 aliphatic carbocycles. The van der Waals surface area contributed by atoms with Crippen LogP contribution in [-0.4, -0.2) is 17.0 Å². The minimum Gasteiger partial charge on any atom is -0.364 e. The summed E-state index contributed by atoms with van der Waals surface area (Å²) in [5.74, 6) is 1.57. The van der Waals surface area contributed by atoms with Gasteiger partial charge in [-0.2, -0.15) is 4.98 Å². The van der Waals surface area contributed by atoms with Gasteiger partial charge in [-0.3, -0.25) is 0 Å². The van der Waals surface area contributed by atoms with Gasteiger partial charge in [0.25, 0.3) is 0 Å². The number of anilines is 2. The smallest absolute Gasteiger partial charge is 0.225 e. The fourth-order valence-corrected chi connectivity index (χ4v) is 3.94. The van der Waals surface area contributed by atoms with E-state index >= 15 is 0 Å². The van der Waals surface area contributed by atoms with E-state index in [0.717, 1.165) is 29.0 Å². The molecule has 3 aromatic heterocycles. The van der Waals surface area contributed by atoms with Crippen LogP contribution in [0.3, 0.4) is 0 Å². The topological polar surface area (TPSA) is 49.8 Å². The Morgan fingerprint density at radius 1 is 1.14 bits per heavy atom. The van der Waals surface area contributed by atoms with Gasteiger partial charge in [0.05, 0.1) is 11.9 Å². The fourth-order valence-electron chi connectivity index (χ4n) is 2.14. The van der Waals surface area contributed by atoms with Crippen molar-refractivity contribution in [1.29, 1.82) is 0 Å². The number of hydrogen-bond donors (Lipinski definition) is 2. The van der Waals surface area contributed by atoms with Crippen molar-refractivity contribution < 1.29 is 0 Å². The van der Waals surface area contributed by atoms with Crippen LogP contribution < -0.4 is 10.6 Å². The summed E-state index contributed by atoms with van der Waals surface area (Å²) in [4.78, 5) is 14.1. The molecule has 0 radical (unpaired) electrons. The van der Waals surface area contributed by atoms with Gasteiger partial charge in [0.2, 0.25) is 5.95 Å². The maximum absolute atomic E-state index is 4.57. The molecule has 0 saturated heterocycles. The van der Waals surface area contributed by atoms with Gasteiger partial charge in [-0.15, -0.1) is 22.7 Å². The first-order valence-electron chi connectivity index (χ1n) is 6.97. The largest absolute Gasteiger partial charge is 0.364 e. The summed E-state index contributed by atoms with van der Waals surface area (Å²) < 4.78 is 0. The molecule has 0 bridgehead atoms. The van der Waals surface area contributed by atoms with Crippen molar-refractivity contribution in [3.63, 3.8) is 0 Å². The standard InChI is InChI=1S/C15H18N4S2/c1-4-10-7-12-13(17-8-11-6-5-9(2)20-11)18-15(16-3)19-14(12)21-10/h5-7H,4,8H2,1-3H3,(H2,16,17,18,19). The van der Waals surface area contributed by atoms with Crippen molar-refractivity contribution in [2.24, 2.45) is 0 Å². The summed E-state index contributed by atoms with van der Waals surface area (Å²) >= 11 is 3.55. The van der Waals surface area contributed by atoms with Gasteiger partial charge in [-0.25, -0.2) is 4.98 Å². The average molecular weight is 318 g/mol. The number of hydrogen-bond acceptors (Lipinski definition) is 6. The van der Waals surface area contributed by atoms with Crippen LogP contribution in [0.25, 0.3) is 10.2 Å². The Morgan fingerprint density at radius 2 is 2.00 bits per heavy atom. The highest BCUT2D eigenvalue weighted by molar-refractivity contribution is 7.18. The second-order valence-electron chi connectivity index (χ2n) is 4.80. The molecular weight excluding hydrogens is 300 g/mol. The number of nitrogens with one attached hydrogen (secondary N) is 2. The third kappa shape index (κ3) is 3.01. The predicted molar refractivity (Wildman–Crippen MR) is 92.7 cm³/mol. The molecule has 3 aromatic rings. The van der Waals surface area contributed by atoms with Crippen LogP contribution in [0, 0.1) is 6.92 Å². The zero-order chi connectivity index (χ0) is 14.8. The molecular formula is C15H18N4S2. The maximum atomic E-state index is 4.57. The zero-order valence-electron chi connectivity index (χ0n) is 12.4. The van der Waals surface area contributed by atoms with E-state index in [1.165, 1.54) is 14.6 Å². The zero-order valence-corrected chi connectivity index (χ0v) is 14.0. The lowest BCUT2D eigenvalue weighted by atomic mass is 10.3. The van der Waals surface area contributed by atoms with Crippen LogP contribution in [-0.2, 0) is 13.0 Å². The van der Waals surface area contributed by atoms with E-state index in [1.54, 1.807) is 11.3 Å². The van der Waals surface area contributed by atoms with E-state index in [1.807, 2.05) is 18.4 Å². The summed E-state index contributed by atoms with van der Waals surface area (Å²) in [5.41, 5.74) is 0. The Hall–Kier alpha value is -1.66. The molecule has 0 aromatic carbocycles. The number of rotatable bonds is 5. The lowest BCUT2D eigenvalue weighted by Gasteiger charge is -2.07. The SMILES string of the molecule is CCc1cc2c(NCc3ccc(C)s3)nc(NC)nc2s1. The molecule has 0 fully saturated rings. The first kappa shape index (κ1) is 14.3. The van der Waals surface area contributed by atoms with E-state index in [-0.39, 0.29) is 0 Å². The van der Waals surface area contributed by atoms with E-state index in [2.05, 4.69) is 52.6 Å². The third-order valence-corrected chi connectivity index (χ3v) is 5.42. The first-order chi connectivity index (χ1) is 10.2. The fraction of sp³-hybridized carbons (Fsp3) is 0.333. The minimum absolute atomic E-state index is 0.664. The molecule has 21 heavy (non-hydrogen) atoms. The molecule has 110 valence electrons. The molecule has 0 unspecified atom stereocenters. The number of aryl methyl sites for hydroxylation is 2. The second kappa shape index (κ2) is 5.99. The van der Waals surface area contributed by atoms with E-state index < -0.39 is 0 Å². The summed E-state index contributed by atoms with van der Waals surface area (Å²) in [6.07, 6.45) is 1.03. The number of fused-ring (bicyclic) bond motifs is 1. The van der Waals surface area contributed by atoms with Crippen LogP contribution in [0.2, 0.25) is 0 Å². The van der Waals surface area contributed by atoms with Crippen LogP contribution in [0.15, 0.2) is 18.2 Å². The van der Waals surface area contributed by atoms with Crippen molar-refractivity contribution in [2.75, 3.05) is 17.7 Å². The van der Waals surface area contributed by atoms with Crippen LogP contribution >= 0.6 is 22.7 Å². The normalized spacial score (nSPS) is 11.0. The highest BCUT2D eigenvalue weighted by atomic mass is 32.1. The van der Waals surface area contributed by atoms with Crippen LogP contribution in [0.5, 0.6) is 0 Å². The Kier molecular flexibility index (Phi) is 4.07. The third-order valence-electron chi connectivity index (χ3n) is 3.24. The van der Waals surface area contributed by atoms with Gasteiger partial charge in [0, 0.05) is 21.7 Å². The van der Waals surface area contributed by atoms with Crippen molar-refractivity contribution in [3.05, 3.63) is 32.8 Å². The van der Waals surface area contributed by atoms with Gasteiger partial charge in [0.1, 0.15) is 10.6 Å². The molecule has 6 heteroatoms. The summed E-state index contributed by atoms with van der Waals surface area (Å²) in [6, 6.07) is 6.51. The van der Waals surface area contributed by atoms with Crippen LogP contribution in [0.4, 0.5) is 11.8 Å². The molecule has 0 aliphatic heterocycles. The lowest BCUT2D eigenvalue weighted by molar-refractivity contribution is 1.12. The number of aromatic nitrogens is 2. The van der Waals surface area contributed by atoms with Gasteiger partial charge in [0.15, 0.2) is 0 Å². The predicted octanol–water partition coefficient (Wildman–Crippen LogP) is 4.28. The average Bonchev–Trinajstić information content (AvgIpc) is 3.10. The molecule has 0 spiro atoms. The minimum atomic E-state index is 0.664. The summed E-state index contributed by atoms with van der Waals surface area (Å²) in [5, 5.41) is 7.61. The highest BCUT2D eigenvalue weighted by Crippen LogP contribution is 2.30. The molecule has 4 nitrogen and oxygen atoms in total.